The summed E-state index contributed by atoms with van der Waals surface area (Å²) >= 11 is 6.14. The van der Waals surface area contributed by atoms with E-state index in [-0.39, 0.29) is 30.4 Å². The number of amides is 2. The summed E-state index contributed by atoms with van der Waals surface area (Å²) in [6.07, 6.45) is 20.2. The predicted molar refractivity (Wildman–Crippen MR) is 243 cm³/mol. The van der Waals surface area contributed by atoms with Crippen LogP contribution in [0.3, 0.4) is 0 Å². The molecule has 56 heavy (non-hydrogen) atoms. The molecule has 2 rings (SSSR count). The Hall–Kier alpha value is -4.43. The molecule has 0 aliphatic carbocycles. The van der Waals surface area contributed by atoms with Crippen LogP contribution in [0.5, 0.6) is 0 Å². The number of aliphatic imine (C=N–C) groups is 1. The number of ether oxygens (including phenoxy) is 1. The second kappa shape index (κ2) is 35.0. The molecule has 0 saturated carbocycles. The van der Waals surface area contributed by atoms with Crippen LogP contribution in [0, 0.1) is 0 Å². The first kappa shape index (κ1) is 53.7. The van der Waals surface area contributed by atoms with E-state index in [0.29, 0.717) is 29.0 Å². The molecule has 0 spiro atoms. The van der Waals surface area contributed by atoms with Crippen molar-refractivity contribution in [3.05, 3.63) is 113 Å². The SMILES string of the molecule is C/C=C(\C(=C/C(C)NC(=O)CCCC)COC(/C=C/F)=C/C=C/C=Nc1cc(C(N)=O)ccc1NC(C)CCCCCC)c1ccc(Cl)cc1.CC.CC.CC. The smallest absolute Gasteiger partial charge is 0.248 e. The number of halogens is 2. The molecule has 0 fully saturated rings. The highest BCUT2D eigenvalue weighted by Gasteiger charge is 2.13. The third kappa shape index (κ3) is 23.5. The van der Waals surface area contributed by atoms with E-state index in [4.69, 9.17) is 22.1 Å². The van der Waals surface area contributed by atoms with Crippen LogP contribution in [-0.2, 0) is 9.53 Å². The number of nitrogens with one attached hydrogen (secondary N) is 2. The van der Waals surface area contributed by atoms with Crippen molar-refractivity contribution >= 4 is 46.6 Å². The van der Waals surface area contributed by atoms with E-state index < -0.39 is 5.91 Å². The summed E-state index contributed by atoms with van der Waals surface area (Å²) in [7, 11) is 0. The van der Waals surface area contributed by atoms with Crippen molar-refractivity contribution in [3.8, 4) is 0 Å². The molecule has 0 saturated heterocycles. The maximum atomic E-state index is 13.4. The van der Waals surface area contributed by atoms with Gasteiger partial charge >= 0.3 is 0 Å². The number of unbranched alkanes of at least 4 members (excludes halogenated alkanes) is 4. The highest BCUT2D eigenvalue weighted by Crippen LogP contribution is 2.28. The Bertz CT molecular complexity index is 1540. The number of hydrogen-bond acceptors (Lipinski definition) is 5. The monoisotopic (exact) mass is 795 g/mol. The number of benzene rings is 2. The fourth-order valence-corrected chi connectivity index (χ4v) is 5.34. The van der Waals surface area contributed by atoms with Crippen molar-refractivity contribution in [2.45, 2.75) is 140 Å². The van der Waals surface area contributed by atoms with Gasteiger partial charge in [0.25, 0.3) is 0 Å². The average molecular weight is 796 g/mol. The van der Waals surface area contributed by atoms with Crippen LogP contribution in [0.4, 0.5) is 15.8 Å². The number of hydrogen-bond donors (Lipinski definition) is 3. The van der Waals surface area contributed by atoms with Gasteiger partial charge in [0.2, 0.25) is 11.8 Å². The first-order chi connectivity index (χ1) is 27.1. The van der Waals surface area contributed by atoms with Crippen LogP contribution in [0.25, 0.3) is 5.57 Å². The van der Waals surface area contributed by atoms with Gasteiger partial charge < -0.3 is 21.1 Å². The normalized spacial score (nSPS) is 12.8. The molecule has 2 aromatic carbocycles. The summed E-state index contributed by atoms with van der Waals surface area (Å²) in [4.78, 5) is 28.9. The second-order valence-corrected chi connectivity index (χ2v) is 12.6. The van der Waals surface area contributed by atoms with Crippen LogP contribution in [0.15, 0.2) is 102 Å². The number of rotatable bonds is 22. The van der Waals surface area contributed by atoms with Crippen LogP contribution >= 0.6 is 11.6 Å². The molecule has 2 unspecified atom stereocenters. The molecule has 0 aliphatic rings. The lowest BCUT2D eigenvalue weighted by Crippen LogP contribution is -2.31. The molecule has 0 bridgehead atoms. The molecule has 0 heterocycles. The molecule has 7 nitrogen and oxygen atoms in total. The Morgan fingerprint density at radius 3 is 2.14 bits per heavy atom. The van der Waals surface area contributed by atoms with Gasteiger partial charge in [0.15, 0.2) is 0 Å². The minimum absolute atomic E-state index is 0.0154. The van der Waals surface area contributed by atoms with Crippen LogP contribution in [0.1, 0.15) is 143 Å². The Morgan fingerprint density at radius 2 is 1.55 bits per heavy atom. The molecular weight excluding hydrogens is 723 g/mol. The van der Waals surface area contributed by atoms with E-state index in [2.05, 4.69) is 29.5 Å². The quantitative estimate of drug-likeness (QED) is 0.0477. The lowest BCUT2D eigenvalue weighted by molar-refractivity contribution is -0.121. The molecule has 9 heteroatoms. The maximum Gasteiger partial charge on any atom is 0.248 e. The summed E-state index contributed by atoms with van der Waals surface area (Å²) in [6, 6.07) is 12.6. The first-order valence-electron chi connectivity index (χ1n) is 20.5. The highest BCUT2D eigenvalue weighted by atomic mass is 35.5. The number of primary amides is 1. The van der Waals surface area contributed by atoms with Gasteiger partial charge in [-0.05, 0) is 92.8 Å². The minimum Gasteiger partial charge on any atom is -0.489 e. The van der Waals surface area contributed by atoms with Crippen molar-refractivity contribution in [2.24, 2.45) is 10.7 Å². The van der Waals surface area contributed by atoms with Gasteiger partial charge in [0.1, 0.15) is 12.4 Å². The molecule has 0 aromatic heterocycles. The molecule has 2 aromatic rings. The molecule has 4 N–H and O–H groups in total. The van der Waals surface area contributed by atoms with Crippen LogP contribution in [-0.4, -0.2) is 36.7 Å². The topological polar surface area (TPSA) is 106 Å². The van der Waals surface area contributed by atoms with Gasteiger partial charge in [-0.3, -0.25) is 14.6 Å². The lowest BCUT2D eigenvalue weighted by Gasteiger charge is -2.18. The molecule has 312 valence electrons. The summed E-state index contributed by atoms with van der Waals surface area (Å²) in [5, 5.41) is 7.16. The zero-order valence-electron chi connectivity index (χ0n) is 36.2. The van der Waals surface area contributed by atoms with Crippen molar-refractivity contribution in [3.63, 3.8) is 0 Å². The fraction of sp³-hybridized carbons (Fsp3) is 0.468. The van der Waals surface area contributed by atoms with E-state index in [1.165, 1.54) is 25.3 Å². The molecule has 0 radical (unpaired) electrons. The fourth-order valence-electron chi connectivity index (χ4n) is 5.22. The summed E-state index contributed by atoms with van der Waals surface area (Å²) in [5.74, 6) is -0.264. The van der Waals surface area contributed by atoms with Gasteiger partial charge in [0, 0.05) is 41.4 Å². The first-order valence-corrected chi connectivity index (χ1v) is 20.9. The summed E-state index contributed by atoms with van der Waals surface area (Å²) in [6.45, 7) is 22.3. The van der Waals surface area contributed by atoms with Crippen molar-refractivity contribution in [1.29, 1.82) is 0 Å². The second-order valence-electron chi connectivity index (χ2n) is 12.2. The Balaban J connectivity index is 0. The predicted octanol–water partition coefficient (Wildman–Crippen LogP) is 13.7. The average Bonchev–Trinajstić information content (AvgIpc) is 3.21. The van der Waals surface area contributed by atoms with Crippen molar-refractivity contribution < 1.29 is 18.7 Å². The van der Waals surface area contributed by atoms with Gasteiger partial charge in [0.05, 0.1) is 17.7 Å². The number of anilines is 1. The molecule has 0 aliphatic heterocycles. The standard InChI is InChI=1S/C41H54ClFN4O3.3C2H6/c1-6-9-11-12-15-30(4)46-38-23-20-33(41(44)49)28-39(38)45-26-14-13-16-36(24-25-43)50-29-34(27-31(5)47-40(48)17-10-7-2)37(8-3)32-18-21-35(42)22-19-32;3*1-2/h8,13-14,16,18-28,30-31,46H,6-7,9-12,15,17,29H2,1-5H3,(H2,44,49)(H,47,48);3*1-2H3/b14-13+,25-24+,34-27-,36-16+,37-8-,45-26?;;;. The van der Waals surface area contributed by atoms with Crippen LogP contribution < -0.4 is 16.4 Å². The minimum atomic E-state index is -0.530. The van der Waals surface area contributed by atoms with Gasteiger partial charge in [-0.25, -0.2) is 4.39 Å². The largest absolute Gasteiger partial charge is 0.489 e. The van der Waals surface area contributed by atoms with E-state index >= 15 is 0 Å². The van der Waals surface area contributed by atoms with E-state index in [1.54, 1.807) is 36.6 Å². The van der Waals surface area contributed by atoms with Gasteiger partial charge in [-0.2, -0.15) is 0 Å². The van der Waals surface area contributed by atoms with Crippen molar-refractivity contribution in [2.75, 3.05) is 11.9 Å². The third-order valence-corrected chi connectivity index (χ3v) is 8.11. The van der Waals surface area contributed by atoms with Crippen molar-refractivity contribution in [1.82, 2.24) is 5.32 Å². The van der Waals surface area contributed by atoms with Gasteiger partial charge in [-0.15, -0.1) is 0 Å². The number of allylic oxidation sites excluding steroid dienone is 5. The maximum absolute atomic E-state index is 13.4. The lowest BCUT2D eigenvalue weighted by atomic mass is 9.96. The zero-order valence-corrected chi connectivity index (χ0v) is 36.9. The Kier molecular flexibility index (Phi) is 33.6. The zero-order chi connectivity index (χ0) is 42.7. The van der Waals surface area contributed by atoms with Gasteiger partial charge in [-0.1, -0.05) is 129 Å². The number of carbonyl (C=O) groups excluding carboxylic acids is 2. The molecule has 2 amide bonds. The Labute approximate surface area is 344 Å². The number of nitrogens with zero attached hydrogens (tertiary/aromatic N) is 1. The van der Waals surface area contributed by atoms with E-state index in [0.717, 1.165) is 48.1 Å². The number of carbonyl (C=O) groups is 2. The summed E-state index contributed by atoms with van der Waals surface area (Å²) < 4.78 is 19.5. The number of nitrogens with two attached hydrogens (primary N) is 1. The molecular formula is C47H72ClFN4O3. The molecule has 2 atom stereocenters. The van der Waals surface area contributed by atoms with E-state index in [1.807, 2.05) is 105 Å². The van der Waals surface area contributed by atoms with E-state index in [9.17, 15) is 14.0 Å². The van der Waals surface area contributed by atoms with Crippen LogP contribution in [0.2, 0.25) is 5.02 Å². The third-order valence-electron chi connectivity index (χ3n) is 7.85. The highest BCUT2D eigenvalue weighted by molar-refractivity contribution is 6.30. The summed E-state index contributed by atoms with van der Waals surface area (Å²) in [5.41, 5.74) is 9.93. The Morgan fingerprint density at radius 1 is 0.911 bits per heavy atom.